The SMILES string of the molecule is CC(C)CC1(C)CC(C)(CC(=O)O)OO1. The standard InChI is InChI=1S/C11H20O4/c1-8(2)5-10(3)7-11(4,15-14-10)6-9(12)13/h8H,5-7H2,1-4H3,(H,12,13). The number of rotatable bonds is 4. The Morgan fingerprint density at radius 2 is 1.87 bits per heavy atom. The predicted octanol–water partition coefficient (Wildman–Crippen LogP) is 2.38. The van der Waals surface area contributed by atoms with Crippen LogP contribution in [0.4, 0.5) is 0 Å². The van der Waals surface area contributed by atoms with E-state index in [0.717, 1.165) is 6.42 Å². The second-order valence-electron chi connectivity index (χ2n) is 5.41. The molecule has 1 heterocycles. The lowest BCUT2D eigenvalue weighted by molar-refractivity contribution is -0.346. The molecular formula is C11H20O4. The topological polar surface area (TPSA) is 55.8 Å². The van der Waals surface area contributed by atoms with Gasteiger partial charge >= 0.3 is 5.97 Å². The van der Waals surface area contributed by atoms with E-state index in [9.17, 15) is 4.79 Å². The molecule has 1 aliphatic rings. The van der Waals surface area contributed by atoms with Crippen LogP contribution in [0.1, 0.15) is 47.0 Å². The molecule has 1 saturated heterocycles. The number of carbonyl (C=O) groups is 1. The predicted molar refractivity (Wildman–Crippen MR) is 55.3 cm³/mol. The highest BCUT2D eigenvalue weighted by Crippen LogP contribution is 2.41. The van der Waals surface area contributed by atoms with Crippen LogP contribution in [-0.4, -0.2) is 22.3 Å². The van der Waals surface area contributed by atoms with Gasteiger partial charge in [0.15, 0.2) is 0 Å². The largest absolute Gasteiger partial charge is 0.481 e. The lowest BCUT2D eigenvalue weighted by Crippen LogP contribution is -2.31. The van der Waals surface area contributed by atoms with Gasteiger partial charge in [0.1, 0.15) is 11.2 Å². The minimum Gasteiger partial charge on any atom is -0.481 e. The number of carboxylic acids is 1. The smallest absolute Gasteiger partial charge is 0.306 e. The molecule has 0 aromatic heterocycles. The number of hydrogen-bond donors (Lipinski definition) is 1. The molecule has 15 heavy (non-hydrogen) atoms. The Morgan fingerprint density at radius 1 is 1.33 bits per heavy atom. The fraction of sp³-hybridized carbons (Fsp3) is 0.909. The number of hydrogen-bond acceptors (Lipinski definition) is 3. The van der Waals surface area contributed by atoms with Crippen LogP contribution in [0, 0.1) is 5.92 Å². The zero-order valence-electron chi connectivity index (χ0n) is 9.87. The lowest BCUT2D eigenvalue weighted by Gasteiger charge is -2.23. The van der Waals surface area contributed by atoms with Crippen molar-refractivity contribution in [3.8, 4) is 0 Å². The molecule has 1 rings (SSSR count). The molecular weight excluding hydrogens is 196 g/mol. The summed E-state index contributed by atoms with van der Waals surface area (Å²) in [6, 6.07) is 0. The molecule has 4 heteroatoms. The Bertz CT molecular complexity index is 251. The molecule has 0 aromatic carbocycles. The molecule has 0 radical (unpaired) electrons. The molecule has 88 valence electrons. The van der Waals surface area contributed by atoms with Gasteiger partial charge in [-0.2, -0.15) is 0 Å². The first kappa shape index (κ1) is 12.5. The summed E-state index contributed by atoms with van der Waals surface area (Å²) in [5, 5.41) is 8.76. The van der Waals surface area contributed by atoms with Crippen molar-refractivity contribution < 1.29 is 19.7 Å². The van der Waals surface area contributed by atoms with Gasteiger partial charge in [0.2, 0.25) is 0 Å². The Hall–Kier alpha value is -0.610. The first-order valence-electron chi connectivity index (χ1n) is 5.33. The Balaban J connectivity index is 2.60. The molecule has 0 aromatic rings. The molecule has 0 saturated carbocycles. The van der Waals surface area contributed by atoms with E-state index >= 15 is 0 Å². The highest BCUT2D eigenvalue weighted by Gasteiger charge is 2.47. The molecule has 4 nitrogen and oxygen atoms in total. The summed E-state index contributed by atoms with van der Waals surface area (Å²) < 4.78 is 0. The van der Waals surface area contributed by atoms with Crippen molar-refractivity contribution in [3.05, 3.63) is 0 Å². The third kappa shape index (κ3) is 3.47. The first-order valence-corrected chi connectivity index (χ1v) is 5.33. The Labute approximate surface area is 90.5 Å². The quantitative estimate of drug-likeness (QED) is 0.733. The van der Waals surface area contributed by atoms with Crippen molar-refractivity contribution in [3.63, 3.8) is 0 Å². The van der Waals surface area contributed by atoms with E-state index in [1.165, 1.54) is 0 Å². The molecule has 1 N–H and O–H groups in total. The highest BCUT2D eigenvalue weighted by atomic mass is 17.2. The molecule has 2 atom stereocenters. The number of carboxylic acid groups (broad SMARTS) is 1. The Morgan fingerprint density at radius 3 is 2.33 bits per heavy atom. The summed E-state index contributed by atoms with van der Waals surface area (Å²) >= 11 is 0. The van der Waals surface area contributed by atoms with E-state index in [4.69, 9.17) is 14.9 Å². The third-order valence-corrected chi connectivity index (χ3v) is 2.56. The first-order chi connectivity index (χ1) is 6.75. The average molecular weight is 216 g/mol. The van der Waals surface area contributed by atoms with Gasteiger partial charge in [-0.05, 0) is 26.2 Å². The van der Waals surface area contributed by atoms with Crippen LogP contribution < -0.4 is 0 Å². The van der Waals surface area contributed by atoms with Crippen LogP contribution in [0.2, 0.25) is 0 Å². The molecule has 0 aliphatic carbocycles. The zero-order chi connectivity index (χ0) is 11.7. The highest BCUT2D eigenvalue weighted by molar-refractivity contribution is 5.68. The van der Waals surface area contributed by atoms with E-state index < -0.39 is 11.6 Å². The summed E-state index contributed by atoms with van der Waals surface area (Å²) in [7, 11) is 0. The van der Waals surface area contributed by atoms with Gasteiger partial charge in [0.25, 0.3) is 0 Å². The van der Waals surface area contributed by atoms with Gasteiger partial charge in [-0.1, -0.05) is 13.8 Å². The van der Waals surface area contributed by atoms with Crippen molar-refractivity contribution in [2.45, 2.75) is 58.2 Å². The molecule has 1 fully saturated rings. The monoisotopic (exact) mass is 216 g/mol. The van der Waals surface area contributed by atoms with Gasteiger partial charge in [-0.25, -0.2) is 9.78 Å². The van der Waals surface area contributed by atoms with Gasteiger partial charge in [0.05, 0.1) is 6.42 Å². The van der Waals surface area contributed by atoms with Crippen molar-refractivity contribution in [1.29, 1.82) is 0 Å². The minimum absolute atomic E-state index is 0.0132. The average Bonchev–Trinajstić information content (AvgIpc) is 2.22. The van der Waals surface area contributed by atoms with E-state index in [2.05, 4.69) is 13.8 Å². The third-order valence-electron chi connectivity index (χ3n) is 2.56. The van der Waals surface area contributed by atoms with Crippen LogP contribution >= 0.6 is 0 Å². The molecule has 0 amide bonds. The summed E-state index contributed by atoms with van der Waals surface area (Å²) in [6.07, 6.45) is 1.49. The summed E-state index contributed by atoms with van der Waals surface area (Å²) in [6.45, 7) is 7.98. The maximum absolute atomic E-state index is 10.7. The number of aliphatic carboxylic acids is 1. The summed E-state index contributed by atoms with van der Waals surface area (Å²) in [5.74, 6) is -0.347. The van der Waals surface area contributed by atoms with Crippen LogP contribution in [0.15, 0.2) is 0 Å². The summed E-state index contributed by atoms with van der Waals surface area (Å²) in [4.78, 5) is 21.1. The maximum Gasteiger partial charge on any atom is 0.306 e. The zero-order valence-corrected chi connectivity index (χ0v) is 9.87. The molecule has 0 spiro atoms. The van der Waals surface area contributed by atoms with Crippen LogP contribution in [0.25, 0.3) is 0 Å². The fourth-order valence-corrected chi connectivity index (χ4v) is 2.43. The van der Waals surface area contributed by atoms with E-state index in [0.29, 0.717) is 12.3 Å². The minimum atomic E-state index is -0.852. The van der Waals surface area contributed by atoms with Crippen LogP contribution in [0.5, 0.6) is 0 Å². The van der Waals surface area contributed by atoms with Gasteiger partial charge in [0, 0.05) is 6.42 Å². The van der Waals surface area contributed by atoms with Crippen molar-refractivity contribution >= 4 is 5.97 Å². The maximum atomic E-state index is 10.7. The van der Waals surface area contributed by atoms with E-state index in [-0.39, 0.29) is 12.0 Å². The van der Waals surface area contributed by atoms with Crippen molar-refractivity contribution in [1.82, 2.24) is 0 Å². The fourth-order valence-electron chi connectivity index (χ4n) is 2.43. The van der Waals surface area contributed by atoms with Gasteiger partial charge in [-0.15, -0.1) is 0 Å². The molecule has 2 unspecified atom stereocenters. The normalized spacial score (nSPS) is 36.1. The van der Waals surface area contributed by atoms with Gasteiger partial charge in [-0.3, -0.25) is 4.79 Å². The van der Waals surface area contributed by atoms with Crippen molar-refractivity contribution in [2.75, 3.05) is 0 Å². The van der Waals surface area contributed by atoms with Crippen LogP contribution in [-0.2, 0) is 14.6 Å². The van der Waals surface area contributed by atoms with E-state index in [1.54, 1.807) is 6.92 Å². The lowest BCUT2D eigenvalue weighted by atomic mass is 9.83. The Kier molecular flexibility index (Phi) is 3.41. The second kappa shape index (κ2) is 4.10. The van der Waals surface area contributed by atoms with Crippen LogP contribution in [0.3, 0.4) is 0 Å². The second-order valence-corrected chi connectivity index (χ2v) is 5.41. The van der Waals surface area contributed by atoms with Gasteiger partial charge < -0.3 is 5.11 Å². The van der Waals surface area contributed by atoms with E-state index in [1.807, 2.05) is 6.92 Å². The molecule has 0 bridgehead atoms. The molecule has 1 aliphatic heterocycles. The summed E-state index contributed by atoms with van der Waals surface area (Å²) in [5.41, 5.74) is -1.03. The van der Waals surface area contributed by atoms with Crippen molar-refractivity contribution in [2.24, 2.45) is 5.92 Å².